The summed E-state index contributed by atoms with van der Waals surface area (Å²) in [5.74, 6) is 0.349. The molecule has 0 bridgehead atoms. The first-order chi connectivity index (χ1) is 14.6. The van der Waals surface area contributed by atoms with E-state index in [2.05, 4.69) is 10.3 Å². The number of carbonyl (C=O) groups excluding carboxylic acids is 1. The van der Waals surface area contributed by atoms with Crippen molar-refractivity contribution in [3.63, 3.8) is 0 Å². The molecule has 0 unspecified atom stereocenters. The second-order valence-electron chi connectivity index (χ2n) is 6.62. The van der Waals surface area contributed by atoms with Crippen molar-refractivity contribution in [2.45, 2.75) is 13.2 Å². The SMILES string of the molecule is O=C(Cn1c(=O)cnc2ccccc21)Nc1ccc(OCc2ccccc2Cl)cc1. The van der Waals surface area contributed by atoms with Crippen LogP contribution in [0.3, 0.4) is 0 Å². The zero-order valence-corrected chi connectivity index (χ0v) is 16.7. The summed E-state index contributed by atoms with van der Waals surface area (Å²) < 4.78 is 7.14. The van der Waals surface area contributed by atoms with Crippen LogP contribution >= 0.6 is 11.6 Å². The third-order valence-corrected chi connectivity index (χ3v) is 4.91. The molecule has 0 fully saturated rings. The number of benzene rings is 3. The number of amides is 1. The van der Waals surface area contributed by atoms with Crippen molar-refractivity contribution in [2.75, 3.05) is 5.32 Å². The van der Waals surface area contributed by atoms with Crippen molar-refractivity contribution in [2.24, 2.45) is 0 Å². The Bertz CT molecular complexity index is 1250. The first-order valence-electron chi connectivity index (χ1n) is 9.31. The predicted octanol–water partition coefficient (Wildman–Crippen LogP) is 4.27. The fraction of sp³-hybridized carbons (Fsp3) is 0.0870. The number of ether oxygens (including phenoxy) is 1. The van der Waals surface area contributed by atoms with Crippen molar-refractivity contribution < 1.29 is 9.53 Å². The first kappa shape index (κ1) is 19.7. The lowest BCUT2D eigenvalue weighted by Gasteiger charge is -2.11. The van der Waals surface area contributed by atoms with Gasteiger partial charge in [0.05, 0.1) is 17.2 Å². The van der Waals surface area contributed by atoms with Crippen LogP contribution in [-0.4, -0.2) is 15.5 Å². The highest BCUT2D eigenvalue weighted by molar-refractivity contribution is 6.31. The Morgan fingerprint density at radius 1 is 1.00 bits per heavy atom. The van der Waals surface area contributed by atoms with Crippen LogP contribution in [0.2, 0.25) is 5.02 Å². The number of nitrogens with zero attached hydrogens (tertiary/aromatic N) is 2. The number of carbonyl (C=O) groups is 1. The number of halogens is 1. The van der Waals surface area contributed by atoms with Gasteiger partial charge in [0.2, 0.25) is 5.91 Å². The number of hydrogen-bond acceptors (Lipinski definition) is 4. The van der Waals surface area contributed by atoms with Crippen molar-refractivity contribution in [1.29, 1.82) is 0 Å². The predicted molar refractivity (Wildman–Crippen MR) is 117 cm³/mol. The van der Waals surface area contributed by atoms with Crippen molar-refractivity contribution in [1.82, 2.24) is 9.55 Å². The number of hydrogen-bond donors (Lipinski definition) is 1. The van der Waals surface area contributed by atoms with E-state index in [4.69, 9.17) is 16.3 Å². The van der Waals surface area contributed by atoms with Crippen LogP contribution in [0.4, 0.5) is 5.69 Å². The van der Waals surface area contributed by atoms with E-state index in [0.717, 1.165) is 5.56 Å². The van der Waals surface area contributed by atoms with Gasteiger partial charge in [-0.05, 0) is 42.5 Å². The average molecular weight is 420 g/mol. The summed E-state index contributed by atoms with van der Waals surface area (Å²) in [7, 11) is 0. The third kappa shape index (κ3) is 4.50. The molecular formula is C23H18ClN3O3. The van der Waals surface area contributed by atoms with Crippen LogP contribution in [0.1, 0.15) is 5.56 Å². The maximum absolute atomic E-state index is 12.5. The van der Waals surface area contributed by atoms with E-state index < -0.39 is 0 Å². The molecule has 0 atom stereocenters. The number of nitrogens with one attached hydrogen (secondary N) is 1. The molecule has 0 radical (unpaired) electrons. The minimum absolute atomic E-state index is 0.105. The van der Waals surface area contributed by atoms with E-state index in [1.165, 1.54) is 10.8 Å². The molecule has 6 nitrogen and oxygen atoms in total. The standard InChI is InChI=1S/C23H18ClN3O3/c24-19-6-2-1-5-16(19)15-30-18-11-9-17(10-12-18)26-22(28)14-27-21-8-4-3-7-20(21)25-13-23(27)29/h1-13H,14-15H2,(H,26,28). The molecule has 1 aromatic heterocycles. The molecular weight excluding hydrogens is 402 g/mol. The van der Waals surface area contributed by atoms with E-state index in [0.29, 0.717) is 34.1 Å². The highest BCUT2D eigenvalue weighted by Gasteiger charge is 2.09. The molecule has 1 N–H and O–H groups in total. The molecule has 7 heteroatoms. The van der Waals surface area contributed by atoms with Crippen LogP contribution < -0.4 is 15.6 Å². The van der Waals surface area contributed by atoms with Gasteiger partial charge in [0.25, 0.3) is 5.56 Å². The molecule has 0 aliphatic heterocycles. The summed E-state index contributed by atoms with van der Waals surface area (Å²) in [6.45, 7) is 0.246. The fourth-order valence-corrected chi connectivity index (χ4v) is 3.22. The largest absolute Gasteiger partial charge is 0.489 e. The second-order valence-corrected chi connectivity index (χ2v) is 7.03. The molecule has 4 aromatic rings. The van der Waals surface area contributed by atoms with Crippen LogP contribution in [-0.2, 0) is 17.9 Å². The summed E-state index contributed by atoms with van der Waals surface area (Å²) in [5, 5.41) is 3.45. The van der Waals surface area contributed by atoms with Crippen LogP contribution in [0.25, 0.3) is 11.0 Å². The number of anilines is 1. The zero-order chi connectivity index (χ0) is 20.9. The number of aromatic nitrogens is 2. The lowest BCUT2D eigenvalue weighted by atomic mass is 10.2. The van der Waals surface area contributed by atoms with Gasteiger partial charge in [-0.1, -0.05) is 41.9 Å². The van der Waals surface area contributed by atoms with Gasteiger partial charge in [-0.2, -0.15) is 0 Å². The van der Waals surface area contributed by atoms with Gasteiger partial charge in [-0.25, -0.2) is 4.98 Å². The lowest BCUT2D eigenvalue weighted by molar-refractivity contribution is -0.116. The summed E-state index contributed by atoms with van der Waals surface area (Å²) in [4.78, 5) is 28.7. The molecule has 30 heavy (non-hydrogen) atoms. The first-order valence-corrected chi connectivity index (χ1v) is 9.69. The molecule has 3 aromatic carbocycles. The van der Waals surface area contributed by atoms with E-state index >= 15 is 0 Å². The van der Waals surface area contributed by atoms with E-state index in [9.17, 15) is 9.59 Å². The maximum atomic E-state index is 12.5. The Labute approximate surface area is 177 Å². The number of para-hydroxylation sites is 2. The summed E-state index contributed by atoms with van der Waals surface area (Å²) in [6, 6.07) is 21.7. The number of rotatable bonds is 6. The lowest BCUT2D eigenvalue weighted by Crippen LogP contribution is -2.27. The molecule has 1 amide bonds. The van der Waals surface area contributed by atoms with Crippen LogP contribution in [0.15, 0.2) is 83.8 Å². The van der Waals surface area contributed by atoms with Crippen molar-refractivity contribution in [3.8, 4) is 5.75 Å². The number of fused-ring (bicyclic) bond motifs is 1. The van der Waals surface area contributed by atoms with Gasteiger partial charge in [-0.15, -0.1) is 0 Å². The molecule has 0 saturated carbocycles. The quantitative estimate of drug-likeness (QED) is 0.506. The topological polar surface area (TPSA) is 73.2 Å². The molecule has 0 spiro atoms. The maximum Gasteiger partial charge on any atom is 0.269 e. The summed E-state index contributed by atoms with van der Waals surface area (Å²) in [6.07, 6.45) is 1.22. The van der Waals surface area contributed by atoms with Gasteiger partial charge in [0.1, 0.15) is 18.9 Å². The minimum atomic E-state index is -0.327. The van der Waals surface area contributed by atoms with Crippen LogP contribution in [0.5, 0.6) is 5.75 Å². The molecule has 0 aliphatic rings. The Morgan fingerprint density at radius 2 is 1.73 bits per heavy atom. The van der Waals surface area contributed by atoms with Crippen molar-refractivity contribution in [3.05, 3.63) is 99.9 Å². The molecule has 0 saturated heterocycles. The smallest absolute Gasteiger partial charge is 0.269 e. The van der Waals surface area contributed by atoms with E-state index in [-0.39, 0.29) is 18.0 Å². The highest BCUT2D eigenvalue weighted by atomic mass is 35.5. The van der Waals surface area contributed by atoms with Crippen LogP contribution in [0, 0.1) is 0 Å². The van der Waals surface area contributed by atoms with E-state index in [1.807, 2.05) is 30.3 Å². The zero-order valence-electron chi connectivity index (χ0n) is 15.9. The van der Waals surface area contributed by atoms with Gasteiger partial charge in [-0.3, -0.25) is 14.2 Å². The normalized spacial score (nSPS) is 10.7. The summed E-state index contributed by atoms with van der Waals surface area (Å²) in [5.41, 5.74) is 2.45. The Hall–Kier alpha value is -3.64. The molecule has 1 heterocycles. The van der Waals surface area contributed by atoms with Gasteiger partial charge < -0.3 is 10.1 Å². The Balaban J connectivity index is 1.40. The van der Waals surface area contributed by atoms with Crippen molar-refractivity contribution >= 4 is 34.2 Å². The van der Waals surface area contributed by atoms with Gasteiger partial charge in [0.15, 0.2) is 0 Å². The van der Waals surface area contributed by atoms with E-state index in [1.54, 1.807) is 42.5 Å². The molecule has 0 aliphatic carbocycles. The monoisotopic (exact) mass is 419 g/mol. The summed E-state index contributed by atoms with van der Waals surface area (Å²) >= 11 is 6.13. The fourth-order valence-electron chi connectivity index (χ4n) is 3.03. The van der Waals surface area contributed by atoms with Gasteiger partial charge >= 0.3 is 0 Å². The third-order valence-electron chi connectivity index (χ3n) is 4.54. The van der Waals surface area contributed by atoms with Gasteiger partial charge in [0, 0.05) is 16.3 Å². The molecule has 150 valence electrons. The molecule has 4 rings (SSSR count). The minimum Gasteiger partial charge on any atom is -0.489 e. The average Bonchev–Trinajstić information content (AvgIpc) is 2.76. The Kier molecular flexibility index (Phi) is 5.77. The highest BCUT2D eigenvalue weighted by Crippen LogP contribution is 2.20. The second kappa shape index (κ2) is 8.80. The Morgan fingerprint density at radius 3 is 2.53 bits per heavy atom.